The molecule has 1 heterocycles. The Morgan fingerprint density at radius 1 is 1.36 bits per heavy atom. The van der Waals surface area contributed by atoms with Crippen LogP contribution in [0.5, 0.6) is 0 Å². The first-order valence-electron chi connectivity index (χ1n) is 7.79. The Bertz CT molecular complexity index is 555. The highest BCUT2D eigenvalue weighted by atomic mass is 16.5. The molecule has 5 heteroatoms. The number of carbonyl (C=O) groups is 2. The van der Waals surface area contributed by atoms with Crippen molar-refractivity contribution < 1.29 is 14.3 Å². The van der Waals surface area contributed by atoms with E-state index >= 15 is 0 Å². The van der Waals surface area contributed by atoms with Gasteiger partial charge in [-0.2, -0.15) is 0 Å². The summed E-state index contributed by atoms with van der Waals surface area (Å²) in [7, 11) is 1.36. The molecule has 0 bridgehead atoms. The first kappa shape index (κ1) is 16.3. The number of carbonyl (C=O) groups excluding carboxylic acids is 2. The minimum Gasteiger partial charge on any atom is -0.465 e. The van der Waals surface area contributed by atoms with Crippen molar-refractivity contribution in [3.63, 3.8) is 0 Å². The maximum atomic E-state index is 11.9. The van der Waals surface area contributed by atoms with Gasteiger partial charge in [-0.3, -0.25) is 4.79 Å². The van der Waals surface area contributed by atoms with E-state index in [0.29, 0.717) is 24.4 Å². The van der Waals surface area contributed by atoms with Gasteiger partial charge in [0.1, 0.15) is 0 Å². The molecule has 1 aliphatic rings. The summed E-state index contributed by atoms with van der Waals surface area (Å²) in [6.07, 6.45) is 2.47. The average Bonchev–Trinajstić information content (AvgIpc) is 2.92. The molecule has 2 rings (SSSR count). The Kier molecular flexibility index (Phi) is 5.41. The Balaban J connectivity index is 2.24. The molecule has 1 aromatic rings. The van der Waals surface area contributed by atoms with Crippen molar-refractivity contribution in [2.45, 2.75) is 33.1 Å². The van der Waals surface area contributed by atoms with Crippen LogP contribution >= 0.6 is 0 Å². The molecule has 0 unspecified atom stereocenters. The number of esters is 1. The second-order valence-electron chi connectivity index (χ2n) is 6.02. The quantitative estimate of drug-likeness (QED) is 0.821. The normalized spacial score (nSPS) is 14.5. The molecule has 1 aromatic carbocycles. The van der Waals surface area contributed by atoms with Crippen LogP contribution in [0, 0.1) is 5.92 Å². The third kappa shape index (κ3) is 4.00. The molecule has 1 aliphatic heterocycles. The predicted molar refractivity (Wildman–Crippen MR) is 87.3 cm³/mol. The standard InChI is InChI=1S/C17H24N2O3/c1-12(2)6-7-18-14-9-13(17(21)22-3)10-15(11-14)19-8-4-5-16(19)20/h9-12,18H,4-8H2,1-3H3. The van der Waals surface area contributed by atoms with Crippen LogP contribution in [-0.4, -0.2) is 32.1 Å². The van der Waals surface area contributed by atoms with Crippen molar-refractivity contribution >= 4 is 23.3 Å². The lowest BCUT2D eigenvalue weighted by Gasteiger charge is -2.18. The summed E-state index contributed by atoms with van der Waals surface area (Å²) >= 11 is 0. The molecule has 1 N–H and O–H groups in total. The van der Waals surface area contributed by atoms with Crippen molar-refractivity contribution in [1.82, 2.24) is 0 Å². The van der Waals surface area contributed by atoms with Gasteiger partial charge in [0.2, 0.25) is 5.91 Å². The maximum Gasteiger partial charge on any atom is 0.337 e. The van der Waals surface area contributed by atoms with Gasteiger partial charge in [0.15, 0.2) is 0 Å². The summed E-state index contributed by atoms with van der Waals surface area (Å²) in [4.78, 5) is 25.5. The molecule has 120 valence electrons. The molecule has 1 amide bonds. The summed E-state index contributed by atoms with van der Waals surface area (Å²) in [5, 5.41) is 3.33. The van der Waals surface area contributed by atoms with Gasteiger partial charge in [0, 0.05) is 30.9 Å². The third-order valence-electron chi connectivity index (χ3n) is 3.77. The fourth-order valence-electron chi connectivity index (χ4n) is 2.53. The Hall–Kier alpha value is -2.04. The van der Waals surface area contributed by atoms with Crippen LogP contribution in [0.25, 0.3) is 0 Å². The van der Waals surface area contributed by atoms with Crippen LogP contribution in [0.2, 0.25) is 0 Å². The number of methoxy groups -OCH3 is 1. The molecule has 1 saturated heterocycles. The van der Waals surface area contributed by atoms with Crippen LogP contribution < -0.4 is 10.2 Å². The van der Waals surface area contributed by atoms with E-state index in [2.05, 4.69) is 19.2 Å². The van der Waals surface area contributed by atoms with Crippen LogP contribution in [-0.2, 0) is 9.53 Å². The Labute approximate surface area is 131 Å². The first-order chi connectivity index (χ1) is 10.5. The van der Waals surface area contributed by atoms with Gasteiger partial charge in [-0.25, -0.2) is 4.79 Å². The van der Waals surface area contributed by atoms with E-state index in [0.717, 1.165) is 30.8 Å². The van der Waals surface area contributed by atoms with Crippen LogP contribution in [0.4, 0.5) is 11.4 Å². The number of hydrogen-bond donors (Lipinski definition) is 1. The van der Waals surface area contributed by atoms with E-state index in [1.807, 2.05) is 6.07 Å². The maximum absolute atomic E-state index is 11.9. The van der Waals surface area contributed by atoms with Gasteiger partial charge in [-0.05, 0) is 37.0 Å². The number of benzene rings is 1. The molecule has 0 spiro atoms. The second-order valence-corrected chi connectivity index (χ2v) is 6.02. The highest BCUT2D eigenvalue weighted by Crippen LogP contribution is 2.27. The summed E-state index contributed by atoms with van der Waals surface area (Å²) in [5.41, 5.74) is 2.07. The Morgan fingerprint density at radius 2 is 2.14 bits per heavy atom. The molecular weight excluding hydrogens is 280 g/mol. The van der Waals surface area contributed by atoms with E-state index in [1.165, 1.54) is 7.11 Å². The molecule has 0 saturated carbocycles. The third-order valence-corrected chi connectivity index (χ3v) is 3.77. The monoisotopic (exact) mass is 304 g/mol. The molecular formula is C17H24N2O3. The van der Waals surface area contributed by atoms with Gasteiger partial charge in [0.25, 0.3) is 0 Å². The first-order valence-corrected chi connectivity index (χ1v) is 7.79. The zero-order valence-electron chi connectivity index (χ0n) is 13.5. The van der Waals surface area contributed by atoms with Gasteiger partial charge in [-0.15, -0.1) is 0 Å². The number of hydrogen-bond acceptors (Lipinski definition) is 4. The fraction of sp³-hybridized carbons (Fsp3) is 0.529. The zero-order chi connectivity index (χ0) is 16.1. The van der Waals surface area contributed by atoms with Gasteiger partial charge < -0.3 is 15.0 Å². The van der Waals surface area contributed by atoms with E-state index in [-0.39, 0.29) is 11.9 Å². The SMILES string of the molecule is COC(=O)c1cc(NCCC(C)C)cc(N2CCCC2=O)c1. The summed E-state index contributed by atoms with van der Waals surface area (Å²) in [5.74, 6) is 0.325. The molecule has 0 radical (unpaired) electrons. The number of amides is 1. The van der Waals surface area contributed by atoms with Gasteiger partial charge in [0.05, 0.1) is 12.7 Å². The highest BCUT2D eigenvalue weighted by Gasteiger charge is 2.23. The summed E-state index contributed by atoms with van der Waals surface area (Å²) < 4.78 is 4.81. The predicted octanol–water partition coefficient (Wildman–Crippen LogP) is 3.06. The van der Waals surface area contributed by atoms with Crippen molar-refractivity contribution in [3.05, 3.63) is 23.8 Å². The van der Waals surface area contributed by atoms with Crippen molar-refractivity contribution in [2.24, 2.45) is 5.92 Å². The van der Waals surface area contributed by atoms with Gasteiger partial charge >= 0.3 is 5.97 Å². The van der Waals surface area contributed by atoms with Crippen molar-refractivity contribution in [3.8, 4) is 0 Å². The average molecular weight is 304 g/mol. The number of rotatable bonds is 6. The van der Waals surface area contributed by atoms with Crippen molar-refractivity contribution in [2.75, 3.05) is 30.4 Å². The lowest BCUT2D eigenvalue weighted by Crippen LogP contribution is -2.24. The minimum atomic E-state index is -0.389. The zero-order valence-corrected chi connectivity index (χ0v) is 13.5. The molecule has 5 nitrogen and oxygen atoms in total. The van der Waals surface area contributed by atoms with Crippen molar-refractivity contribution in [1.29, 1.82) is 0 Å². The highest BCUT2D eigenvalue weighted by molar-refractivity contribution is 5.98. The topological polar surface area (TPSA) is 58.6 Å². The smallest absolute Gasteiger partial charge is 0.337 e. The second kappa shape index (κ2) is 7.29. The number of nitrogens with one attached hydrogen (secondary N) is 1. The fourth-order valence-corrected chi connectivity index (χ4v) is 2.53. The molecule has 0 atom stereocenters. The van der Waals surface area contributed by atoms with E-state index < -0.39 is 0 Å². The number of nitrogens with zero attached hydrogens (tertiary/aromatic N) is 1. The number of anilines is 2. The van der Waals surface area contributed by atoms with Crippen LogP contribution in [0.1, 0.15) is 43.5 Å². The Morgan fingerprint density at radius 3 is 2.73 bits per heavy atom. The van der Waals surface area contributed by atoms with Crippen LogP contribution in [0.15, 0.2) is 18.2 Å². The molecule has 0 aliphatic carbocycles. The molecule has 0 aromatic heterocycles. The van der Waals surface area contributed by atoms with E-state index in [9.17, 15) is 9.59 Å². The van der Waals surface area contributed by atoms with Gasteiger partial charge in [-0.1, -0.05) is 13.8 Å². The summed E-state index contributed by atoms with van der Waals surface area (Å²) in [6.45, 7) is 5.87. The van der Waals surface area contributed by atoms with E-state index in [1.54, 1.807) is 17.0 Å². The van der Waals surface area contributed by atoms with Crippen LogP contribution in [0.3, 0.4) is 0 Å². The lowest BCUT2D eigenvalue weighted by molar-refractivity contribution is -0.117. The molecule has 22 heavy (non-hydrogen) atoms. The summed E-state index contributed by atoms with van der Waals surface area (Å²) in [6, 6.07) is 5.43. The molecule has 1 fully saturated rings. The number of ether oxygens (including phenoxy) is 1. The minimum absolute atomic E-state index is 0.107. The lowest BCUT2D eigenvalue weighted by atomic mass is 10.1. The van der Waals surface area contributed by atoms with E-state index in [4.69, 9.17) is 4.74 Å². The largest absolute Gasteiger partial charge is 0.465 e.